The number of hydrogen-bond acceptors (Lipinski definition) is 1. The molecule has 1 nitrogen and oxygen atoms in total. The van der Waals surface area contributed by atoms with Crippen molar-refractivity contribution in [3.8, 4) is 0 Å². The first-order chi connectivity index (χ1) is 11.0. The minimum atomic E-state index is 0. The van der Waals surface area contributed by atoms with Gasteiger partial charge in [-0.1, -0.05) is 92.4 Å². The lowest BCUT2D eigenvalue weighted by molar-refractivity contribution is 0.318. The highest BCUT2D eigenvalue weighted by Gasteiger charge is 1.88. The minimum absolute atomic E-state index is 0. The molecule has 0 aromatic heterocycles. The molecule has 132 valence electrons. The highest BCUT2D eigenvalue weighted by molar-refractivity contribution is 5.21. The maximum absolute atomic E-state index is 7.57. The summed E-state index contributed by atoms with van der Waals surface area (Å²) < 4.78 is 0. The second-order valence-electron chi connectivity index (χ2n) is 5.21. The Balaban J connectivity index is -0.000000285. The molecular weight excluding hydrogens is 280 g/mol. The molecule has 0 aliphatic carbocycles. The third kappa shape index (κ3) is 15.1. The second-order valence-corrected chi connectivity index (χ2v) is 5.21. The molecule has 2 aromatic rings. The fourth-order valence-corrected chi connectivity index (χ4v) is 1.68. The molecule has 0 aliphatic rings. The van der Waals surface area contributed by atoms with Crippen LogP contribution in [0.25, 0.3) is 0 Å². The SMILES string of the molecule is CC.CCCc1ccc(C)cc1.CCO.Cc1ccc(C)cc1.[HH]. The summed E-state index contributed by atoms with van der Waals surface area (Å²) in [4.78, 5) is 0. The lowest BCUT2D eigenvalue weighted by Crippen LogP contribution is -1.81. The summed E-state index contributed by atoms with van der Waals surface area (Å²) in [5.41, 5.74) is 5.46. The van der Waals surface area contributed by atoms with Gasteiger partial charge < -0.3 is 5.11 Å². The number of benzene rings is 2. The van der Waals surface area contributed by atoms with Crippen molar-refractivity contribution in [3.63, 3.8) is 0 Å². The van der Waals surface area contributed by atoms with E-state index >= 15 is 0 Å². The second kappa shape index (κ2) is 16.8. The van der Waals surface area contributed by atoms with Crippen LogP contribution in [-0.4, -0.2) is 11.7 Å². The average Bonchev–Trinajstić information content (AvgIpc) is 2.56. The van der Waals surface area contributed by atoms with E-state index in [9.17, 15) is 0 Å². The lowest BCUT2D eigenvalue weighted by Gasteiger charge is -1.97. The maximum atomic E-state index is 7.57. The number of rotatable bonds is 2. The number of aliphatic hydroxyl groups is 1. The molecule has 2 aromatic carbocycles. The Bertz CT molecular complexity index is 439. The van der Waals surface area contributed by atoms with Gasteiger partial charge in [0, 0.05) is 8.03 Å². The number of aliphatic hydroxyl groups excluding tert-OH is 1. The van der Waals surface area contributed by atoms with Crippen LogP contribution in [0.5, 0.6) is 0 Å². The highest BCUT2D eigenvalue weighted by atomic mass is 16.2. The summed E-state index contributed by atoms with van der Waals surface area (Å²) in [6.45, 7) is 14.5. The maximum Gasteiger partial charge on any atom is 0.0402 e. The van der Waals surface area contributed by atoms with Gasteiger partial charge in [0.05, 0.1) is 0 Å². The lowest BCUT2D eigenvalue weighted by atomic mass is 10.1. The molecule has 0 fully saturated rings. The normalized spacial score (nSPS) is 8.52. The van der Waals surface area contributed by atoms with Crippen LogP contribution in [0, 0.1) is 20.8 Å². The summed E-state index contributed by atoms with van der Waals surface area (Å²) in [5.74, 6) is 0. The molecule has 0 spiro atoms. The first kappa shape index (κ1) is 23.7. The zero-order valence-corrected chi connectivity index (χ0v) is 16.2. The van der Waals surface area contributed by atoms with Crippen LogP contribution in [0.1, 0.15) is 57.8 Å². The summed E-state index contributed by atoms with van der Waals surface area (Å²) in [6.07, 6.45) is 2.45. The van der Waals surface area contributed by atoms with Crippen LogP contribution in [0.4, 0.5) is 0 Å². The van der Waals surface area contributed by atoms with Crippen LogP contribution < -0.4 is 0 Å². The molecule has 0 saturated carbocycles. The Labute approximate surface area is 145 Å². The fraction of sp³-hybridized carbons (Fsp3) is 0.455. The average molecular weight is 319 g/mol. The Morgan fingerprint density at radius 2 is 0.957 bits per heavy atom. The predicted octanol–water partition coefficient (Wildman–Crippen LogP) is 6.52. The van der Waals surface area contributed by atoms with Gasteiger partial charge in [-0.2, -0.15) is 0 Å². The van der Waals surface area contributed by atoms with E-state index in [1.807, 2.05) is 13.8 Å². The van der Waals surface area contributed by atoms with Gasteiger partial charge in [-0.25, -0.2) is 0 Å². The molecule has 1 N–H and O–H groups in total. The number of aryl methyl sites for hydroxylation is 4. The van der Waals surface area contributed by atoms with Gasteiger partial charge in [0.25, 0.3) is 0 Å². The summed E-state index contributed by atoms with van der Waals surface area (Å²) in [6, 6.07) is 17.2. The van der Waals surface area contributed by atoms with Gasteiger partial charge >= 0.3 is 0 Å². The molecule has 0 aliphatic heterocycles. The van der Waals surface area contributed by atoms with Crippen molar-refractivity contribution < 1.29 is 6.53 Å². The molecule has 0 atom stereocenters. The van der Waals surface area contributed by atoms with Crippen molar-refractivity contribution in [2.24, 2.45) is 0 Å². The summed E-state index contributed by atoms with van der Waals surface area (Å²) in [5, 5.41) is 7.57. The quantitative estimate of drug-likeness (QED) is 0.668. The Hall–Kier alpha value is -1.60. The molecule has 0 amide bonds. The Kier molecular flexibility index (Phi) is 17.2. The zero-order chi connectivity index (χ0) is 18.1. The van der Waals surface area contributed by atoms with Crippen LogP contribution in [0.2, 0.25) is 0 Å². The van der Waals surface area contributed by atoms with Crippen molar-refractivity contribution in [1.29, 1.82) is 0 Å². The molecule has 0 radical (unpaired) electrons. The van der Waals surface area contributed by atoms with Crippen molar-refractivity contribution in [1.82, 2.24) is 0 Å². The minimum Gasteiger partial charge on any atom is -0.397 e. The van der Waals surface area contributed by atoms with Gasteiger partial charge in [0.1, 0.15) is 0 Å². The largest absolute Gasteiger partial charge is 0.397 e. The predicted molar refractivity (Wildman–Crippen MR) is 107 cm³/mol. The number of hydrogen-bond donors (Lipinski definition) is 1. The van der Waals surface area contributed by atoms with Gasteiger partial charge in [0.2, 0.25) is 0 Å². The van der Waals surface area contributed by atoms with Crippen molar-refractivity contribution in [2.75, 3.05) is 6.61 Å². The van der Waals surface area contributed by atoms with Gasteiger partial charge in [-0.05, 0) is 39.7 Å². The van der Waals surface area contributed by atoms with E-state index in [0.717, 1.165) is 0 Å². The van der Waals surface area contributed by atoms with Gasteiger partial charge in [0.15, 0.2) is 0 Å². The van der Waals surface area contributed by atoms with Crippen molar-refractivity contribution in [3.05, 3.63) is 70.8 Å². The molecular formula is C22H38O. The van der Waals surface area contributed by atoms with Crippen LogP contribution in [0.3, 0.4) is 0 Å². The van der Waals surface area contributed by atoms with Crippen molar-refractivity contribution in [2.45, 2.75) is 61.3 Å². The topological polar surface area (TPSA) is 20.2 Å². The first-order valence-electron chi connectivity index (χ1n) is 8.73. The summed E-state index contributed by atoms with van der Waals surface area (Å²) in [7, 11) is 0. The zero-order valence-electron chi connectivity index (χ0n) is 16.2. The molecule has 23 heavy (non-hydrogen) atoms. The Morgan fingerprint density at radius 3 is 1.22 bits per heavy atom. The smallest absolute Gasteiger partial charge is 0.0402 e. The van der Waals surface area contributed by atoms with Crippen LogP contribution >= 0.6 is 0 Å². The molecule has 1 heteroatoms. The van der Waals surface area contributed by atoms with Gasteiger partial charge in [-0.3, -0.25) is 0 Å². The van der Waals surface area contributed by atoms with E-state index in [2.05, 4.69) is 76.2 Å². The van der Waals surface area contributed by atoms with Gasteiger partial charge in [-0.15, -0.1) is 0 Å². The van der Waals surface area contributed by atoms with E-state index < -0.39 is 0 Å². The molecule has 2 rings (SSSR count). The molecule has 0 saturated heterocycles. The van der Waals surface area contributed by atoms with E-state index in [1.165, 1.54) is 35.1 Å². The van der Waals surface area contributed by atoms with E-state index in [1.54, 1.807) is 6.92 Å². The van der Waals surface area contributed by atoms with Crippen LogP contribution in [0.15, 0.2) is 48.5 Å². The Morgan fingerprint density at radius 1 is 0.696 bits per heavy atom. The van der Waals surface area contributed by atoms with E-state index in [4.69, 9.17) is 5.11 Å². The molecule has 0 bridgehead atoms. The standard InChI is InChI=1S/C10H14.C8H10.C2H6O.C2H6.H2/c1-3-4-10-7-5-9(2)6-8-10;1-7-3-5-8(2)6-4-7;1-2-3;1-2;/h5-8H,3-4H2,1-2H3;3-6H,1-2H3;3H,2H2,1H3;1-2H3;1H. The van der Waals surface area contributed by atoms with E-state index in [0.29, 0.717) is 0 Å². The third-order valence-corrected chi connectivity index (χ3v) is 2.88. The summed E-state index contributed by atoms with van der Waals surface area (Å²) >= 11 is 0. The third-order valence-electron chi connectivity index (χ3n) is 2.88. The molecule has 0 heterocycles. The highest BCUT2D eigenvalue weighted by Crippen LogP contribution is 2.04. The van der Waals surface area contributed by atoms with E-state index in [-0.39, 0.29) is 8.03 Å². The first-order valence-corrected chi connectivity index (χ1v) is 8.73. The van der Waals surface area contributed by atoms with Crippen LogP contribution in [-0.2, 0) is 6.42 Å². The monoisotopic (exact) mass is 318 g/mol. The van der Waals surface area contributed by atoms with Crippen molar-refractivity contribution >= 4 is 0 Å². The molecule has 0 unspecified atom stereocenters. The fourth-order valence-electron chi connectivity index (χ4n) is 1.68.